The number of nitrogens with one attached hydrogen (secondary N) is 1. The van der Waals surface area contributed by atoms with Crippen LogP contribution in [0.1, 0.15) is 35.7 Å². The van der Waals surface area contributed by atoms with Crippen molar-refractivity contribution in [3.8, 4) is 5.19 Å². The summed E-state index contributed by atoms with van der Waals surface area (Å²) in [5.41, 5.74) is 2.20. The van der Waals surface area contributed by atoms with Gasteiger partial charge in [0.2, 0.25) is 5.91 Å². The van der Waals surface area contributed by atoms with Crippen LogP contribution in [0.4, 0.5) is 0 Å². The lowest BCUT2D eigenvalue weighted by atomic mass is 10.2. The van der Waals surface area contributed by atoms with Crippen LogP contribution in [0.15, 0.2) is 6.07 Å². The summed E-state index contributed by atoms with van der Waals surface area (Å²) in [5.74, 6) is 0.139. The molecule has 134 valence electrons. The van der Waals surface area contributed by atoms with E-state index in [1.54, 1.807) is 7.11 Å². The first-order valence-corrected chi connectivity index (χ1v) is 9.45. The van der Waals surface area contributed by atoms with Crippen molar-refractivity contribution in [2.24, 2.45) is 0 Å². The predicted octanol–water partition coefficient (Wildman–Crippen LogP) is 0.970. The fraction of sp³-hybridized carbons (Fsp3) is 0.625. The van der Waals surface area contributed by atoms with E-state index >= 15 is 0 Å². The number of hydrogen-bond donors (Lipinski definition) is 1. The maximum absolute atomic E-state index is 11.8. The quantitative estimate of drug-likeness (QED) is 0.790. The van der Waals surface area contributed by atoms with Crippen LogP contribution in [0, 0.1) is 0 Å². The summed E-state index contributed by atoms with van der Waals surface area (Å²) in [6, 6.07) is 2.55. The molecule has 0 saturated heterocycles. The van der Waals surface area contributed by atoms with Crippen LogP contribution < -0.4 is 10.1 Å². The molecule has 3 heterocycles. The summed E-state index contributed by atoms with van der Waals surface area (Å²) in [7, 11) is 1.61. The summed E-state index contributed by atoms with van der Waals surface area (Å²) in [6.45, 7) is 3.40. The standard InChI is InChI=1S/C16H22N6O2S/c1-24-16-19-18-15(25-16)10-21-6-7-22-13(9-21)8-12(20-22)4-5-14(23)17-11-2-3-11/h8,11H,2-7,9-10H2,1H3,(H,17,23). The number of aromatic nitrogens is 4. The lowest BCUT2D eigenvalue weighted by Gasteiger charge is -2.26. The molecule has 2 aromatic rings. The van der Waals surface area contributed by atoms with E-state index < -0.39 is 0 Å². The Balaban J connectivity index is 1.31. The van der Waals surface area contributed by atoms with Gasteiger partial charge in [0.25, 0.3) is 5.19 Å². The predicted molar refractivity (Wildman–Crippen MR) is 92.3 cm³/mol. The van der Waals surface area contributed by atoms with Crippen molar-refractivity contribution < 1.29 is 9.53 Å². The minimum absolute atomic E-state index is 0.139. The molecule has 25 heavy (non-hydrogen) atoms. The number of carbonyl (C=O) groups is 1. The number of nitrogens with zero attached hydrogens (tertiary/aromatic N) is 5. The molecular formula is C16H22N6O2S. The molecule has 0 spiro atoms. The molecule has 9 heteroatoms. The van der Waals surface area contributed by atoms with Crippen molar-refractivity contribution in [2.45, 2.75) is 51.4 Å². The third-order valence-corrected chi connectivity index (χ3v) is 5.33. The van der Waals surface area contributed by atoms with Gasteiger partial charge in [-0.25, -0.2) is 0 Å². The fourth-order valence-corrected chi connectivity index (χ4v) is 3.68. The van der Waals surface area contributed by atoms with Gasteiger partial charge in [-0.05, 0) is 18.9 Å². The SMILES string of the molecule is COc1nnc(CN2CCn3nc(CCC(=O)NC4CC4)cc3C2)s1. The van der Waals surface area contributed by atoms with E-state index in [0.29, 0.717) is 24.1 Å². The van der Waals surface area contributed by atoms with Crippen LogP contribution in [0.3, 0.4) is 0 Å². The summed E-state index contributed by atoms with van der Waals surface area (Å²) < 4.78 is 7.16. The second-order valence-corrected chi connectivity index (χ2v) is 7.59. The smallest absolute Gasteiger partial charge is 0.293 e. The molecule has 8 nitrogen and oxygen atoms in total. The molecule has 1 aliphatic heterocycles. The molecule has 0 unspecified atom stereocenters. The highest BCUT2D eigenvalue weighted by atomic mass is 32.1. The van der Waals surface area contributed by atoms with E-state index in [1.165, 1.54) is 17.0 Å². The second-order valence-electron chi connectivity index (χ2n) is 6.57. The zero-order chi connectivity index (χ0) is 17.2. The number of carbonyl (C=O) groups excluding carboxylic acids is 1. The molecule has 0 aromatic carbocycles. The Labute approximate surface area is 150 Å². The number of fused-ring (bicyclic) bond motifs is 1. The van der Waals surface area contributed by atoms with Crippen LogP contribution >= 0.6 is 11.3 Å². The molecule has 1 amide bonds. The molecule has 1 fully saturated rings. The maximum atomic E-state index is 11.8. The fourth-order valence-electron chi connectivity index (χ4n) is 2.98. The minimum atomic E-state index is 0.139. The molecule has 2 aromatic heterocycles. The van der Waals surface area contributed by atoms with E-state index in [0.717, 1.165) is 49.7 Å². The van der Waals surface area contributed by atoms with Crippen molar-refractivity contribution in [3.05, 3.63) is 22.5 Å². The Morgan fingerprint density at radius 3 is 3.04 bits per heavy atom. The van der Waals surface area contributed by atoms with Gasteiger partial charge in [-0.3, -0.25) is 14.4 Å². The topological polar surface area (TPSA) is 85.2 Å². The molecule has 0 atom stereocenters. The second kappa shape index (κ2) is 7.09. The Bertz CT molecular complexity index is 754. The molecular weight excluding hydrogens is 340 g/mol. The lowest BCUT2D eigenvalue weighted by molar-refractivity contribution is -0.121. The highest BCUT2D eigenvalue weighted by molar-refractivity contribution is 7.13. The zero-order valence-electron chi connectivity index (χ0n) is 14.3. The highest BCUT2D eigenvalue weighted by Crippen LogP contribution is 2.22. The maximum Gasteiger partial charge on any atom is 0.293 e. The summed E-state index contributed by atoms with van der Waals surface area (Å²) >= 11 is 1.48. The molecule has 1 saturated carbocycles. The van der Waals surface area contributed by atoms with E-state index in [-0.39, 0.29) is 5.91 Å². The van der Waals surface area contributed by atoms with Crippen LogP contribution in [0.2, 0.25) is 0 Å². The average molecular weight is 362 g/mol. The molecule has 1 aliphatic carbocycles. The van der Waals surface area contributed by atoms with Gasteiger partial charge >= 0.3 is 0 Å². The lowest BCUT2D eigenvalue weighted by Crippen LogP contribution is -2.33. The Morgan fingerprint density at radius 1 is 1.40 bits per heavy atom. The van der Waals surface area contributed by atoms with Crippen molar-refractivity contribution in [1.82, 2.24) is 30.2 Å². The Kier molecular flexibility index (Phi) is 4.67. The zero-order valence-corrected chi connectivity index (χ0v) is 15.1. The van der Waals surface area contributed by atoms with Crippen molar-refractivity contribution in [2.75, 3.05) is 13.7 Å². The first kappa shape index (κ1) is 16.5. The van der Waals surface area contributed by atoms with Crippen LogP contribution in [-0.4, -0.2) is 50.5 Å². The van der Waals surface area contributed by atoms with E-state index in [2.05, 4.69) is 36.3 Å². The van der Waals surface area contributed by atoms with E-state index in [9.17, 15) is 4.79 Å². The normalized spacial score (nSPS) is 17.3. The first-order chi connectivity index (χ1) is 12.2. The summed E-state index contributed by atoms with van der Waals surface area (Å²) in [4.78, 5) is 14.2. The van der Waals surface area contributed by atoms with Gasteiger partial charge in [0, 0.05) is 32.0 Å². The van der Waals surface area contributed by atoms with Crippen LogP contribution in [0.5, 0.6) is 5.19 Å². The van der Waals surface area contributed by atoms with Gasteiger partial charge < -0.3 is 10.1 Å². The molecule has 0 radical (unpaired) electrons. The molecule has 4 rings (SSSR count). The number of ether oxygens (including phenoxy) is 1. The Hall–Kier alpha value is -2.00. The van der Waals surface area contributed by atoms with Gasteiger partial charge in [-0.1, -0.05) is 11.3 Å². The molecule has 2 aliphatic rings. The third-order valence-electron chi connectivity index (χ3n) is 4.46. The van der Waals surface area contributed by atoms with Gasteiger partial charge in [0.05, 0.1) is 31.6 Å². The summed E-state index contributed by atoms with van der Waals surface area (Å²) in [6.07, 6.45) is 3.47. The van der Waals surface area contributed by atoms with E-state index in [1.807, 2.05) is 0 Å². The van der Waals surface area contributed by atoms with Gasteiger partial charge in [-0.15, -0.1) is 10.2 Å². The van der Waals surface area contributed by atoms with Gasteiger partial charge in [0.1, 0.15) is 5.01 Å². The average Bonchev–Trinajstić information content (AvgIpc) is 3.15. The van der Waals surface area contributed by atoms with Crippen molar-refractivity contribution in [1.29, 1.82) is 0 Å². The Morgan fingerprint density at radius 2 is 2.28 bits per heavy atom. The first-order valence-electron chi connectivity index (χ1n) is 8.63. The third kappa shape index (κ3) is 4.16. The van der Waals surface area contributed by atoms with Gasteiger partial charge in [0.15, 0.2) is 0 Å². The number of aryl methyl sites for hydroxylation is 1. The number of rotatable bonds is 7. The number of methoxy groups -OCH3 is 1. The largest absolute Gasteiger partial charge is 0.472 e. The minimum Gasteiger partial charge on any atom is -0.472 e. The van der Waals surface area contributed by atoms with Crippen LogP contribution in [0.25, 0.3) is 0 Å². The van der Waals surface area contributed by atoms with Crippen molar-refractivity contribution >= 4 is 17.2 Å². The number of amides is 1. The number of hydrogen-bond acceptors (Lipinski definition) is 7. The molecule has 1 N–H and O–H groups in total. The monoisotopic (exact) mass is 362 g/mol. The highest BCUT2D eigenvalue weighted by Gasteiger charge is 2.23. The summed E-state index contributed by atoms with van der Waals surface area (Å²) in [5, 5.41) is 17.4. The van der Waals surface area contributed by atoms with Crippen LogP contribution in [-0.2, 0) is 30.8 Å². The van der Waals surface area contributed by atoms with E-state index in [4.69, 9.17) is 4.74 Å². The van der Waals surface area contributed by atoms with Crippen molar-refractivity contribution in [3.63, 3.8) is 0 Å². The molecule has 0 bridgehead atoms. The van der Waals surface area contributed by atoms with Gasteiger partial charge in [-0.2, -0.15) is 5.10 Å².